The molecule has 0 spiro atoms. The quantitative estimate of drug-likeness (QED) is 0.202. The number of aliphatic hydroxyl groups excluding tert-OH is 4. The van der Waals surface area contributed by atoms with Crippen LogP contribution in [0.15, 0.2) is 24.3 Å². The van der Waals surface area contributed by atoms with E-state index in [2.05, 4.69) is 17.9 Å². The van der Waals surface area contributed by atoms with Crippen LogP contribution < -0.4 is 0 Å². The molecule has 0 saturated heterocycles. The standard InChI is InChI=1S/2C6H10O3.C4H10O3/c2*1-5(6(8)9)3-2-4-7;5-1-3-7-4-2-6/h2*7H,1-4H2,(H,8,9);5-6H,1-4H2. The third kappa shape index (κ3) is 27.4. The first kappa shape index (κ1) is 28.0. The number of carboxylic acid groups (broad SMARTS) is 2. The van der Waals surface area contributed by atoms with Crippen molar-refractivity contribution in [3.8, 4) is 0 Å². The SMILES string of the molecule is C=C(CCCO)C(=O)O.C=C(CCCO)C(=O)O.OCCOCCO. The Morgan fingerprint density at radius 3 is 1.20 bits per heavy atom. The second-order valence-corrected chi connectivity index (χ2v) is 4.53. The Morgan fingerprint density at radius 1 is 0.680 bits per heavy atom. The molecule has 0 saturated carbocycles. The molecule has 0 bridgehead atoms. The summed E-state index contributed by atoms with van der Waals surface area (Å²) in [6, 6.07) is 0. The average Bonchev–Trinajstić information content (AvgIpc) is 2.58. The van der Waals surface area contributed by atoms with Crippen LogP contribution in [-0.2, 0) is 14.3 Å². The van der Waals surface area contributed by atoms with E-state index in [1.165, 1.54) is 0 Å². The minimum Gasteiger partial charge on any atom is -0.478 e. The highest BCUT2D eigenvalue weighted by atomic mass is 16.5. The number of rotatable bonds is 12. The second kappa shape index (κ2) is 22.2. The number of hydrogen-bond acceptors (Lipinski definition) is 7. The minimum atomic E-state index is -0.983. The van der Waals surface area contributed by atoms with E-state index in [1.807, 2.05) is 0 Å². The molecule has 0 rings (SSSR count). The lowest BCUT2D eigenvalue weighted by atomic mass is 10.2. The maximum absolute atomic E-state index is 10.0. The van der Waals surface area contributed by atoms with Crippen LogP contribution in [0.2, 0.25) is 0 Å². The van der Waals surface area contributed by atoms with E-state index in [0.29, 0.717) is 38.9 Å². The summed E-state index contributed by atoms with van der Waals surface area (Å²) in [6.45, 7) is 7.30. The van der Waals surface area contributed by atoms with Crippen molar-refractivity contribution < 1.29 is 45.0 Å². The van der Waals surface area contributed by atoms with Crippen molar-refractivity contribution in [2.24, 2.45) is 0 Å². The largest absolute Gasteiger partial charge is 0.478 e. The molecule has 0 aromatic rings. The van der Waals surface area contributed by atoms with Crippen molar-refractivity contribution in [2.75, 3.05) is 39.6 Å². The topological polar surface area (TPSA) is 165 Å². The summed E-state index contributed by atoms with van der Waals surface area (Å²) < 4.78 is 4.63. The van der Waals surface area contributed by atoms with Gasteiger partial charge in [-0.15, -0.1) is 0 Å². The van der Waals surface area contributed by atoms with Gasteiger partial charge in [-0.05, 0) is 25.7 Å². The Balaban J connectivity index is -0.000000293. The van der Waals surface area contributed by atoms with Gasteiger partial charge in [0.15, 0.2) is 0 Å². The Morgan fingerprint density at radius 2 is 1.00 bits per heavy atom. The van der Waals surface area contributed by atoms with Crippen molar-refractivity contribution in [2.45, 2.75) is 25.7 Å². The molecule has 148 valence electrons. The molecule has 0 radical (unpaired) electrons. The maximum atomic E-state index is 10.0. The molecule has 0 aromatic heterocycles. The summed E-state index contributed by atoms with van der Waals surface area (Å²) in [7, 11) is 0. The van der Waals surface area contributed by atoms with E-state index in [9.17, 15) is 9.59 Å². The number of aliphatic hydroxyl groups is 4. The van der Waals surface area contributed by atoms with Crippen LogP contribution in [0, 0.1) is 0 Å². The highest BCUT2D eigenvalue weighted by Crippen LogP contribution is 2.00. The molecule has 0 aliphatic heterocycles. The summed E-state index contributed by atoms with van der Waals surface area (Å²) in [4.78, 5) is 20.0. The number of hydrogen-bond donors (Lipinski definition) is 6. The summed E-state index contributed by atoms with van der Waals surface area (Å²) in [5.41, 5.74) is 0.313. The Kier molecular flexibility index (Phi) is 24.9. The fourth-order valence-electron chi connectivity index (χ4n) is 1.03. The van der Waals surface area contributed by atoms with Gasteiger partial charge in [-0.25, -0.2) is 9.59 Å². The molecule has 0 amide bonds. The predicted octanol–water partition coefficient (Wildman–Crippen LogP) is -0.213. The summed E-state index contributed by atoms with van der Waals surface area (Å²) in [5, 5.41) is 49.2. The van der Waals surface area contributed by atoms with E-state index < -0.39 is 11.9 Å². The zero-order valence-corrected chi connectivity index (χ0v) is 14.4. The minimum absolute atomic E-state index is 0.0201. The van der Waals surface area contributed by atoms with Gasteiger partial charge < -0.3 is 35.4 Å². The highest BCUT2D eigenvalue weighted by molar-refractivity contribution is 5.85. The van der Waals surface area contributed by atoms with Gasteiger partial charge in [-0.1, -0.05) is 13.2 Å². The highest BCUT2D eigenvalue weighted by Gasteiger charge is 2.01. The molecule has 0 heterocycles. The lowest BCUT2D eigenvalue weighted by Gasteiger charge is -1.94. The molecule has 0 aromatic carbocycles. The monoisotopic (exact) mass is 366 g/mol. The number of carboxylic acids is 2. The summed E-state index contributed by atoms with van der Waals surface area (Å²) >= 11 is 0. The van der Waals surface area contributed by atoms with Crippen molar-refractivity contribution in [1.82, 2.24) is 0 Å². The van der Waals surface area contributed by atoms with Crippen molar-refractivity contribution in [3.05, 3.63) is 24.3 Å². The van der Waals surface area contributed by atoms with Gasteiger partial charge in [0.1, 0.15) is 0 Å². The summed E-state index contributed by atoms with van der Waals surface area (Å²) in [6.07, 6.45) is 1.69. The first-order valence-electron chi connectivity index (χ1n) is 7.61. The third-order valence-electron chi connectivity index (χ3n) is 2.35. The van der Waals surface area contributed by atoms with Gasteiger partial charge in [0.05, 0.1) is 26.4 Å². The molecule has 0 aliphatic carbocycles. The molecule has 25 heavy (non-hydrogen) atoms. The van der Waals surface area contributed by atoms with Crippen LogP contribution in [0.1, 0.15) is 25.7 Å². The van der Waals surface area contributed by atoms with Gasteiger partial charge >= 0.3 is 11.9 Å². The molecule has 0 unspecified atom stereocenters. The molecular weight excluding hydrogens is 336 g/mol. The van der Waals surface area contributed by atoms with Crippen LogP contribution in [0.5, 0.6) is 0 Å². The van der Waals surface area contributed by atoms with Gasteiger partial charge in [0.25, 0.3) is 0 Å². The molecule has 9 heteroatoms. The van der Waals surface area contributed by atoms with Gasteiger partial charge in [0.2, 0.25) is 0 Å². The molecular formula is C16H30O9. The first-order chi connectivity index (χ1) is 11.8. The number of aliphatic carboxylic acids is 2. The molecule has 9 nitrogen and oxygen atoms in total. The first-order valence-corrected chi connectivity index (χ1v) is 7.61. The summed E-state index contributed by atoms with van der Waals surface area (Å²) in [5.74, 6) is -1.97. The second-order valence-electron chi connectivity index (χ2n) is 4.53. The van der Waals surface area contributed by atoms with Crippen LogP contribution in [-0.4, -0.2) is 82.2 Å². The van der Waals surface area contributed by atoms with Crippen molar-refractivity contribution in [3.63, 3.8) is 0 Å². The zero-order chi connectivity index (χ0) is 20.1. The Bertz CT molecular complexity index is 333. The van der Waals surface area contributed by atoms with Gasteiger partial charge in [-0.3, -0.25) is 0 Å². The molecule has 0 aliphatic rings. The van der Waals surface area contributed by atoms with E-state index in [-0.39, 0.29) is 37.6 Å². The van der Waals surface area contributed by atoms with E-state index in [1.54, 1.807) is 0 Å². The van der Waals surface area contributed by atoms with Crippen LogP contribution in [0.3, 0.4) is 0 Å². The third-order valence-corrected chi connectivity index (χ3v) is 2.35. The van der Waals surface area contributed by atoms with Crippen LogP contribution in [0.4, 0.5) is 0 Å². The van der Waals surface area contributed by atoms with Crippen molar-refractivity contribution >= 4 is 11.9 Å². The van der Waals surface area contributed by atoms with Crippen LogP contribution >= 0.6 is 0 Å². The van der Waals surface area contributed by atoms with Crippen LogP contribution in [0.25, 0.3) is 0 Å². The molecule has 0 atom stereocenters. The van der Waals surface area contributed by atoms with E-state index in [0.717, 1.165) is 0 Å². The lowest BCUT2D eigenvalue weighted by Crippen LogP contribution is -2.03. The Hall–Kier alpha value is -1.78. The number of carbonyl (C=O) groups is 2. The van der Waals surface area contributed by atoms with Gasteiger partial charge in [0, 0.05) is 24.4 Å². The van der Waals surface area contributed by atoms with E-state index >= 15 is 0 Å². The Labute approximate surface area is 147 Å². The molecule has 6 N–H and O–H groups in total. The fourth-order valence-corrected chi connectivity index (χ4v) is 1.03. The predicted molar refractivity (Wildman–Crippen MR) is 91.2 cm³/mol. The fraction of sp³-hybridized carbons (Fsp3) is 0.625. The van der Waals surface area contributed by atoms with E-state index in [4.69, 9.17) is 30.6 Å². The smallest absolute Gasteiger partial charge is 0.330 e. The normalized spacial score (nSPS) is 9.12. The molecule has 0 fully saturated rings. The zero-order valence-electron chi connectivity index (χ0n) is 14.4. The maximum Gasteiger partial charge on any atom is 0.330 e. The average molecular weight is 366 g/mol. The van der Waals surface area contributed by atoms with Crippen molar-refractivity contribution in [1.29, 1.82) is 0 Å². The lowest BCUT2D eigenvalue weighted by molar-refractivity contribution is -0.133. The number of ether oxygens (including phenoxy) is 1. The van der Waals surface area contributed by atoms with Gasteiger partial charge in [-0.2, -0.15) is 0 Å².